The normalized spacial score (nSPS) is 14.2. The fourth-order valence-electron chi connectivity index (χ4n) is 3.34. The van der Waals surface area contributed by atoms with E-state index in [1.807, 2.05) is 0 Å². The molecule has 0 bridgehead atoms. The molecule has 2 aromatic rings. The minimum absolute atomic E-state index is 0. The number of benzene rings is 2. The maximum absolute atomic E-state index is 12.2. The van der Waals surface area contributed by atoms with E-state index in [0.717, 1.165) is 5.56 Å². The summed E-state index contributed by atoms with van der Waals surface area (Å²) < 4.78 is 31.3. The van der Waals surface area contributed by atoms with Gasteiger partial charge < -0.3 is 11.6 Å². The molecule has 0 amide bonds. The third kappa shape index (κ3) is 6.13. The van der Waals surface area contributed by atoms with Crippen molar-refractivity contribution >= 4 is 22.1 Å². The van der Waals surface area contributed by atoms with Crippen LogP contribution in [0.1, 0.15) is 25.4 Å². The van der Waals surface area contributed by atoms with E-state index in [9.17, 15) is 32.8 Å². The molecule has 0 heterocycles. The molecule has 0 fully saturated rings. The Morgan fingerprint density at radius 3 is 1.72 bits per heavy atom. The number of rotatable bonds is 10. The van der Waals surface area contributed by atoms with Crippen molar-refractivity contribution < 1.29 is 63.8 Å². The molecule has 29 heavy (non-hydrogen) atoms. The molecule has 2 rings (SSSR count). The van der Waals surface area contributed by atoms with Crippen LogP contribution in [-0.4, -0.2) is 39.9 Å². The van der Waals surface area contributed by atoms with Gasteiger partial charge in [-0.3, -0.25) is 14.1 Å². The Balaban J connectivity index is 0.00000420. The number of aryl methyl sites for hydroxylation is 2. The van der Waals surface area contributed by atoms with Crippen LogP contribution in [0.25, 0.3) is 0 Å². The SMILES string of the molecule is O=C(O)C(CCc1ccccc1)C(CCc1ccccc1)(C(=O)O)S(=O)(=O)O.[H-].[Na+]. The first-order chi connectivity index (χ1) is 13.2. The van der Waals surface area contributed by atoms with Crippen LogP contribution in [-0.2, 0) is 32.5 Å². The first-order valence-corrected chi connectivity index (χ1v) is 10.1. The summed E-state index contributed by atoms with van der Waals surface area (Å²) in [5.74, 6) is -5.26. The Labute approximate surface area is 193 Å². The molecule has 0 spiro atoms. The van der Waals surface area contributed by atoms with Crippen LogP contribution < -0.4 is 29.6 Å². The molecule has 152 valence electrons. The van der Waals surface area contributed by atoms with Crippen LogP contribution in [0.2, 0.25) is 0 Å². The van der Waals surface area contributed by atoms with Gasteiger partial charge in [0.05, 0.1) is 5.92 Å². The summed E-state index contributed by atoms with van der Waals surface area (Å²) in [5.41, 5.74) is 1.38. The first kappa shape index (κ1) is 25.3. The van der Waals surface area contributed by atoms with Crippen molar-refractivity contribution in [2.75, 3.05) is 0 Å². The van der Waals surface area contributed by atoms with Crippen molar-refractivity contribution in [2.45, 2.75) is 30.4 Å². The number of aliphatic carboxylic acids is 2. The zero-order valence-electron chi connectivity index (χ0n) is 17.1. The van der Waals surface area contributed by atoms with Crippen LogP contribution in [0.4, 0.5) is 0 Å². The van der Waals surface area contributed by atoms with E-state index in [1.54, 1.807) is 60.7 Å². The predicted molar refractivity (Wildman–Crippen MR) is 104 cm³/mol. The van der Waals surface area contributed by atoms with Crippen molar-refractivity contribution in [3.8, 4) is 0 Å². The third-order valence-corrected chi connectivity index (χ3v) is 6.46. The smallest absolute Gasteiger partial charge is 1.00 e. The summed E-state index contributed by atoms with van der Waals surface area (Å²) in [6.45, 7) is 0. The zero-order valence-corrected chi connectivity index (χ0v) is 18.9. The molecule has 2 unspecified atom stereocenters. The Hall–Kier alpha value is -1.71. The molecule has 0 radical (unpaired) electrons. The molecule has 2 aromatic carbocycles. The van der Waals surface area contributed by atoms with Crippen molar-refractivity contribution in [3.05, 3.63) is 71.8 Å². The quantitative estimate of drug-likeness (QED) is 0.351. The number of carboxylic acid groups (broad SMARTS) is 2. The number of hydrogen-bond donors (Lipinski definition) is 3. The number of hydrogen-bond acceptors (Lipinski definition) is 4. The van der Waals surface area contributed by atoms with Gasteiger partial charge in [-0.15, -0.1) is 0 Å². The minimum atomic E-state index is -5.22. The predicted octanol–water partition coefficient (Wildman–Crippen LogP) is -0.219. The molecule has 0 aliphatic carbocycles. The van der Waals surface area contributed by atoms with Crippen molar-refractivity contribution in [1.29, 1.82) is 0 Å². The van der Waals surface area contributed by atoms with Crippen LogP contribution in [0.15, 0.2) is 60.7 Å². The fraction of sp³-hybridized carbons (Fsp3) is 0.300. The van der Waals surface area contributed by atoms with Crippen molar-refractivity contribution in [2.24, 2.45) is 5.92 Å². The Bertz CT molecular complexity index is 923. The van der Waals surface area contributed by atoms with Gasteiger partial charge in [0.25, 0.3) is 10.1 Å². The molecule has 3 N–H and O–H groups in total. The molecule has 0 aliphatic rings. The first-order valence-electron chi connectivity index (χ1n) is 8.69. The minimum Gasteiger partial charge on any atom is -1.00 e. The summed E-state index contributed by atoms with van der Waals surface area (Å²) in [5, 5.41) is 19.4. The van der Waals surface area contributed by atoms with Gasteiger partial charge in [-0.25, -0.2) is 0 Å². The largest absolute Gasteiger partial charge is 1.00 e. The molecule has 2 atom stereocenters. The Morgan fingerprint density at radius 1 is 0.897 bits per heavy atom. The van der Waals surface area contributed by atoms with E-state index in [0.29, 0.717) is 5.56 Å². The van der Waals surface area contributed by atoms with Crippen LogP contribution >= 0.6 is 0 Å². The molecule has 0 aromatic heterocycles. The third-order valence-electron chi connectivity index (χ3n) is 4.88. The fourth-order valence-corrected chi connectivity index (χ4v) is 4.49. The van der Waals surface area contributed by atoms with Gasteiger partial charge in [-0.05, 0) is 36.8 Å². The van der Waals surface area contributed by atoms with Gasteiger partial charge in [0.2, 0.25) is 4.75 Å². The van der Waals surface area contributed by atoms with Gasteiger partial charge in [0, 0.05) is 0 Å². The van der Waals surface area contributed by atoms with Crippen LogP contribution in [0.3, 0.4) is 0 Å². The van der Waals surface area contributed by atoms with Gasteiger partial charge in [-0.2, -0.15) is 8.42 Å². The average molecular weight is 430 g/mol. The molecule has 0 saturated carbocycles. The number of carboxylic acids is 2. The maximum Gasteiger partial charge on any atom is 1.00 e. The van der Waals surface area contributed by atoms with E-state index in [-0.39, 0.29) is 50.2 Å². The molecule has 0 saturated heterocycles. The summed E-state index contributed by atoms with van der Waals surface area (Å²) in [4.78, 5) is 23.9. The second-order valence-corrected chi connectivity index (χ2v) is 8.25. The maximum atomic E-state index is 12.2. The molecule has 7 nitrogen and oxygen atoms in total. The van der Waals surface area contributed by atoms with Gasteiger partial charge in [0.15, 0.2) is 0 Å². The van der Waals surface area contributed by atoms with E-state index in [4.69, 9.17) is 0 Å². The van der Waals surface area contributed by atoms with E-state index < -0.39 is 39.1 Å². The van der Waals surface area contributed by atoms with Crippen molar-refractivity contribution in [1.82, 2.24) is 0 Å². The topological polar surface area (TPSA) is 129 Å². The summed E-state index contributed by atoms with van der Waals surface area (Å²) in [6.07, 6.45) is -0.660. The molecular formula is C20H23NaO7S. The molecular weight excluding hydrogens is 407 g/mol. The van der Waals surface area contributed by atoms with Gasteiger partial charge in [0.1, 0.15) is 0 Å². The van der Waals surface area contributed by atoms with E-state index in [1.165, 1.54) is 0 Å². The van der Waals surface area contributed by atoms with Crippen LogP contribution in [0, 0.1) is 5.92 Å². The molecule has 9 heteroatoms. The Kier molecular flexibility index (Phi) is 9.51. The Morgan fingerprint density at radius 2 is 1.34 bits per heavy atom. The average Bonchev–Trinajstić information content (AvgIpc) is 2.64. The van der Waals surface area contributed by atoms with Crippen molar-refractivity contribution in [3.63, 3.8) is 0 Å². The summed E-state index contributed by atoms with van der Waals surface area (Å²) >= 11 is 0. The van der Waals surface area contributed by atoms with E-state index in [2.05, 4.69) is 0 Å². The van der Waals surface area contributed by atoms with Crippen LogP contribution in [0.5, 0.6) is 0 Å². The number of carbonyl (C=O) groups is 2. The van der Waals surface area contributed by atoms with E-state index >= 15 is 0 Å². The standard InChI is InChI=1S/C20H22O7S.Na.H/c21-18(22)17(12-11-15-7-3-1-4-8-15)20(19(23)24,28(25,26)27)14-13-16-9-5-2-6-10-16;;/h1-10,17H,11-14H2,(H,21,22)(H,23,24)(H,25,26,27);;/q;+1;-1. The monoisotopic (exact) mass is 430 g/mol. The second-order valence-electron chi connectivity index (χ2n) is 6.57. The van der Waals surface area contributed by atoms with Gasteiger partial charge in [-0.1, -0.05) is 60.7 Å². The molecule has 0 aliphatic heterocycles. The summed E-state index contributed by atoms with van der Waals surface area (Å²) in [7, 11) is -5.22. The second kappa shape index (κ2) is 10.9. The van der Waals surface area contributed by atoms with Gasteiger partial charge >= 0.3 is 41.5 Å². The summed E-state index contributed by atoms with van der Waals surface area (Å²) in [6, 6.07) is 17.2. The zero-order chi connectivity index (χ0) is 20.8.